The fraction of sp³-hybridized carbons (Fsp3) is 0.429. The van der Waals surface area contributed by atoms with Gasteiger partial charge in [0.2, 0.25) is 0 Å². The molecule has 0 amide bonds. The van der Waals surface area contributed by atoms with E-state index < -0.39 is 0 Å². The van der Waals surface area contributed by atoms with E-state index in [0.717, 1.165) is 0 Å². The van der Waals surface area contributed by atoms with Crippen molar-refractivity contribution in [3.8, 4) is 0 Å². The van der Waals surface area contributed by atoms with E-state index in [4.69, 9.17) is 0 Å². The minimum absolute atomic E-state index is 0.0424. The quantitative estimate of drug-likeness (QED) is 0.734. The summed E-state index contributed by atoms with van der Waals surface area (Å²) in [6, 6.07) is 17.6. The normalized spacial score (nSPS) is 15.6. The van der Waals surface area contributed by atoms with Crippen molar-refractivity contribution in [3.05, 3.63) is 59.7 Å². The molecule has 1 aliphatic rings. The van der Waals surface area contributed by atoms with Gasteiger partial charge < -0.3 is 5.32 Å². The molecule has 0 aliphatic carbocycles. The van der Waals surface area contributed by atoms with Gasteiger partial charge in [-0.25, -0.2) is 0 Å². The van der Waals surface area contributed by atoms with Crippen molar-refractivity contribution in [2.45, 2.75) is 40.0 Å². The van der Waals surface area contributed by atoms with E-state index in [0.29, 0.717) is 17.8 Å². The van der Waals surface area contributed by atoms with Gasteiger partial charge in [-0.3, -0.25) is 0 Å². The van der Waals surface area contributed by atoms with Crippen LogP contribution >= 0.6 is 0 Å². The van der Waals surface area contributed by atoms with Crippen LogP contribution < -0.4 is 5.32 Å². The van der Waals surface area contributed by atoms with Gasteiger partial charge in [-0.1, -0.05) is 71.0 Å². The van der Waals surface area contributed by atoms with Crippen LogP contribution in [0.4, 0.5) is 11.4 Å². The first-order valence-electron chi connectivity index (χ1n) is 8.42. The Morgan fingerprint density at radius 3 is 1.55 bits per heavy atom. The van der Waals surface area contributed by atoms with Gasteiger partial charge in [-0.2, -0.15) is 0 Å². The van der Waals surface area contributed by atoms with Crippen molar-refractivity contribution in [2.24, 2.45) is 17.8 Å². The van der Waals surface area contributed by atoms with Crippen LogP contribution in [0.3, 0.4) is 0 Å². The molecular formula is C21H27N. The fourth-order valence-electron chi connectivity index (χ4n) is 4.84. The smallest absolute Gasteiger partial charge is 0.0426 e. The third-order valence-electron chi connectivity index (χ3n) is 5.35. The Kier molecular flexibility index (Phi) is 3.76. The zero-order valence-corrected chi connectivity index (χ0v) is 14.4. The zero-order chi connectivity index (χ0) is 15.9. The first kappa shape index (κ1) is 15.1. The lowest BCUT2D eigenvalue weighted by atomic mass is 9.58. The van der Waals surface area contributed by atoms with E-state index in [9.17, 15) is 0 Å². The highest BCUT2D eigenvalue weighted by Gasteiger charge is 2.45. The first-order chi connectivity index (χ1) is 10.5. The van der Waals surface area contributed by atoms with E-state index in [2.05, 4.69) is 88.5 Å². The maximum Gasteiger partial charge on any atom is 0.0426 e. The molecule has 0 saturated heterocycles. The van der Waals surface area contributed by atoms with E-state index >= 15 is 0 Å². The number of hydrogen-bond acceptors (Lipinski definition) is 1. The molecular weight excluding hydrogens is 266 g/mol. The van der Waals surface area contributed by atoms with Gasteiger partial charge in [0.15, 0.2) is 0 Å². The summed E-state index contributed by atoms with van der Waals surface area (Å²) in [4.78, 5) is 0. The highest BCUT2D eigenvalue weighted by atomic mass is 14.9. The molecule has 116 valence electrons. The molecule has 1 N–H and O–H groups in total. The summed E-state index contributed by atoms with van der Waals surface area (Å²) in [6.07, 6.45) is 0. The lowest BCUT2D eigenvalue weighted by Gasteiger charge is -2.47. The predicted octanol–water partition coefficient (Wildman–Crippen LogP) is 5.98. The third-order valence-corrected chi connectivity index (χ3v) is 5.35. The molecule has 0 aromatic heterocycles. The molecule has 0 fully saturated rings. The maximum atomic E-state index is 3.63. The summed E-state index contributed by atoms with van der Waals surface area (Å²) >= 11 is 0. The van der Waals surface area contributed by atoms with Crippen LogP contribution in [0.5, 0.6) is 0 Å². The Hall–Kier alpha value is -1.76. The molecule has 2 aromatic rings. The van der Waals surface area contributed by atoms with Crippen molar-refractivity contribution >= 4 is 11.4 Å². The summed E-state index contributed by atoms with van der Waals surface area (Å²) in [5, 5.41) is 3.63. The van der Waals surface area contributed by atoms with Gasteiger partial charge in [-0.15, -0.1) is 0 Å². The topological polar surface area (TPSA) is 12.0 Å². The summed E-state index contributed by atoms with van der Waals surface area (Å²) in [5.74, 6) is 1.85. The molecule has 1 nitrogen and oxygen atoms in total. The van der Waals surface area contributed by atoms with Crippen molar-refractivity contribution in [3.63, 3.8) is 0 Å². The van der Waals surface area contributed by atoms with Gasteiger partial charge in [0.1, 0.15) is 0 Å². The minimum Gasteiger partial charge on any atom is -0.355 e. The fourth-order valence-corrected chi connectivity index (χ4v) is 4.84. The van der Waals surface area contributed by atoms with Crippen molar-refractivity contribution in [1.29, 1.82) is 0 Å². The maximum absolute atomic E-state index is 3.63. The Morgan fingerprint density at radius 1 is 0.727 bits per heavy atom. The van der Waals surface area contributed by atoms with Gasteiger partial charge in [0.05, 0.1) is 0 Å². The van der Waals surface area contributed by atoms with E-state index in [1.807, 2.05) is 0 Å². The third kappa shape index (κ3) is 2.15. The molecule has 3 rings (SSSR count). The Labute approximate surface area is 134 Å². The lowest BCUT2D eigenvalue weighted by Crippen LogP contribution is -2.42. The summed E-state index contributed by atoms with van der Waals surface area (Å²) < 4.78 is 0. The second-order valence-electron chi connectivity index (χ2n) is 7.43. The van der Waals surface area contributed by atoms with Crippen molar-refractivity contribution in [1.82, 2.24) is 0 Å². The molecule has 1 aliphatic heterocycles. The van der Waals surface area contributed by atoms with Crippen LogP contribution in [0.1, 0.15) is 45.7 Å². The number of rotatable bonds is 3. The first-order valence-corrected chi connectivity index (χ1v) is 8.42. The number of nitrogens with one attached hydrogen (secondary N) is 1. The van der Waals surface area contributed by atoms with Gasteiger partial charge in [0.25, 0.3) is 0 Å². The lowest BCUT2D eigenvalue weighted by molar-refractivity contribution is 0.190. The van der Waals surface area contributed by atoms with Crippen LogP contribution in [0, 0.1) is 17.8 Å². The number of fused-ring (bicyclic) bond motifs is 2. The zero-order valence-electron chi connectivity index (χ0n) is 14.4. The number of benzene rings is 2. The Bertz CT molecular complexity index is 616. The molecule has 0 radical (unpaired) electrons. The molecule has 22 heavy (non-hydrogen) atoms. The number of para-hydroxylation sites is 2. The Balaban J connectivity index is 2.29. The standard InChI is InChI=1S/C21H27N/c1-14(2)20(15(3)4)21(5)16-10-6-8-12-18(16)22-19-13-9-7-11-17(19)21/h6-15,20,22H,1-5H3. The van der Waals surface area contributed by atoms with Gasteiger partial charge in [-0.05, 0) is 41.0 Å². The number of hydrogen-bond donors (Lipinski definition) is 1. The molecule has 0 atom stereocenters. The molecule has 1 heteroatoms. The molecule has 2 aromatic carbocycles. The van der Waals surface area contributed by atoms with Crippen LogP contribution in [-0.2, 0) is 5.41 Å². The second-order valence-corrected chi connectivity index (χ2v) is 7.43. The van der Waals surface area contributed by atoms with Crippen LogP contribution in [0.25, 0.3) is 0 Å². The van der Waals surface area contributed by atoms with E-state index in [1.165, 1.54) is 22.5 Å². The van der Waals surface area contributed by atoms with Crippen LogP contribution in [-0.4, -0.2) is 0 Å². The highest BCUT2D eigenvalue weighted by molar-refractivity contribution is 5.75. The van der Waals surface area contributed by atoms with Crippen molar-refractivity contribution < 1.29 is 0 Å². The Morgan fingerprint density at radius 2 is 1.14 bits per heavy atom. The average molecular weight is 293 g/mol. The van der Waals surface area contributed by atoms with E-state index in [-0.39, 0.29) is 5.41 Å². The SMILES string of the molecule is CC(C)C(C(C)C)C1(C)c2ccccc2Nc2ccccc21. The van der Waals surface area contributed by atoms with Crippen LogP contribution in [0.15, 0.2) is 48.5 Å². The molecule has 0 unspecified atom stereocenters. The number of anilines is 2. The predicted molar refractivity (Wildman–Crippen MR) is 95.8 cm³/mol. The monoisotopic (exact) mass is 293 g/mol. The summed E-state index contributed by atoms with van der Waals surface area (Å²) in [6.45, 7) is 11.9. The molecule has 1 heterocycles. The van der Waals surface area contributed by atoms with E-state index in [1.54, 1.807) is 0 Å². The molecule has 0 spiro atoms. The van der Waals surface area contributed by atoms with Gasteiger partial charge >= 0.3 is 0 Å². The van der Waals surface area contributed by atoms with Crippen molar-refractivity contribution in [2.75, 3.05) is 5.32 Å². The second kappa shape index (κ2) is 5.46. The van der Waals surface area contributed by atoms with Gasteiger partial charge in [0, 0.05) is 16.8 Å². The average Bonchev–Trinajstić information content (AvgIpc) is 2.47. The highest BCUT2D eigenvalue weighted by Crippen LogP contribution is 2.53. The largest absolute Gasteiger partial charge is 0.355 e. The molecule has 0 saturated carbocycles. The summed E-state index contributed by atoms with van der Waals surface area (Å²) in [5.41, 5.74) is 5.42. The molecule has 0 bridgehead atoms. The minimum atomic E-state index is 0.0424. The van der Waals surface area contributed by atoms with Crippen LogP contribution in [0.2, 0.25) is 0 Å². The summed E-state index contributed by atoms with van der Waals surface area (Å²) in [7, 11) is 0.